The van der Waals surface area contributed by atoms with Crippen molar-refractivity contribution < 1.29 is 16.4 Å². The molecule has 10 nitrogen and oxygen atoms in total. The van der Waals surface area contributed by atoms with Gasteiger partial charge in [-0.25, -0.2) is 9.97 Å². The average Bonchev–Trinajstić information content (AvgIpc) is 3.14. The highest BCUT2D eigenvalue weighted by Gasteiger charge is 2.22. The predicted octanol–water partition coefficient (Wildman–Crippen LogP) is 0.697. The molecule has 3 aromatic heterocycles. The standard InChI is InChI=1S/C24H29N7.3H2O/c1-17-7-12-27-23-21(17)29-24(28-20-8-13-30(14-9-20)15-10-25)31(23)16-19-5-2-4-18-6-3-11-26-22(18)19;;;/h2-7,11-12,20H,8-10,13-16,25H2,1H3,(H,28,29);3*1H2. The van der Waals surface area contributed by atoms with Crippen LogP contribution in [0.5, 0.6) is 0 Å². The SMILES string of the molecule is Cc1ccnc2c1nc(NC1CCN(CCN)CC1)n2Cc1cccc2cccnc12.O.O.O. The number of likely N-dealkylation sites (tertiary alicyclic amines) is 1. The summed E-state index contributed by atoms with van der Waals surface area (Å²) in [5.41, 5.74) is 10.9. The van der Waals surface area contributed by atoms with E-state index in [1.54, 1.807) is 0 Å². The van der Waals surface area contributed by atoms with Gasteiger partial charge in [0.1, 0.15) is 5.52 Å². The van der Waals surface area contributed by atoms with Crippen LogP contribution in [-0.2, 0) is 6.54 Å². The van der Waals surface area contributed by atoms with Crippen molar-refractivity contribution in [2.24, 2.45) is 5.73 Å². The lowest BCUT2D eigenvalue weighted by Gasteiger charge is -2.32. The zero-order valence-corrected chi connectivity index (χ0v) is 19.5. The molecule has 1 saturated heterocycles. The Morgan fingerprint density at radius 1 is 0.971 bits per heavy atom. The zero-order valence-electron chi connectivity index (χ0n) is 19.5. The van der Waals surface area contributed by atoms with Crippen LogP contribution in [0, 0.1) is 6.92 Å². The van der Waals surface area contributed by atoms with Gasteiger partial charge in [0.05, 0.1) is 12.1 Å². The van der Waals surface area contributed by atoms with Crippen molar-refractivity contribution >= 4 is 28.0 Å². The molecule has 5 rings (SSSR count). The summed E-state index contributed by atoms with van der Waals surface area (Å²) in [6.07, 6.45) is 5.90. The van der Waals surface area contributed by atoms with Gasteiger partial charge in [0.25, 0.3) is 0 Å². The maximum Gasteiger partial charge on any atom is 0.205 e. The van der Waals surface area contributed by atoms with E-state index < -0.39 is 0 Å². The zero-order chi connectivity index (χ0) is 21.2. The number of nitrogens with two attached hydrogens (primary N) is 1. The Morgan fingerprint density at radius 3 is 2.50 bits per heavy atom. The van der Waals surface area contributed by atoms with E-state index in [1.165, 1.54) is 5.56 Å². The number of anilines is 1. The second kappa shape index (κ2) is 11.8. The van der Waals surface area contributed by atoms with E-state index >= 15 is 0 Å². The molecule has 4 aromatic rings. The third kappa shape index (κ3) is 5.32. The van der Waals surface area contributed by atoms with Gasteiger partial charge in [-0.15, -0.1) is 0 Å². The number of pyridine rings is 2. The van der Waals surface area contributed by atoms with Gasteiger partial charge >= 0.3 is 0 Å². The van der Waals surface area contributed by atoms with E-state index in [-0.39, 0.29) is 16.4 Å². The van der Waals surface area contributed by atoms with Crippen molar-refractivity contribution in [3.63, 3.8) is 0 Å². The molecule has 184 valence electrons. The molecule has 0 spiro atoms. The van der Waals surface area contributed by atoms with Gasteiger partial charge < -0.3 is 32.4 Å². The summed E-state index contributed by atoms with van der Waals surface area (Å²) < 4.78 is 2.21. The normalized spacial score (nSPS) is 14.3. The van der Waals surface area contributed by atoms with Crippen molar-refractivity contribution in [1.82, 2.24) is 24.4 Å². The molecule has 0 unspecified atom stereocenters. The van der Waals surface area contributed by atoms with Crippen LogP contribution in [0.1, 0.15) is 24.0 Å². The highest BCUT2D eigenvalue weighted by molar-refractivity contribution is 5.82. The number of aromatic nitrogens is 4. The minimum Gasteiger partial charge on any atom is -0.412 e. The number of para-hydroxylation sites is 1. The van der Waals surface area contributed by atoms with Crippen LogP contribution in [0.15, 0.2) is 48.8 Å². The number of nitrogens with zero attached hydrogens (tertiary/aromatic N) is 5. The number of benzene rings is 1. The summed E-state index contributed by atoms with van der Waals surface area (Å²) in [7, 11) is 0. The Morgan fingerprint density at radius 2 is 1.74 bits per heavy atom. The van der Waals surface area contributed by atoms with Crippen LogP contribution in [-0.4, -0.2) is 73.1 Å². The van der Waals surface area contributed by atoms with Crippen molar-refractivity contribution in [3.05, 3.63) is 59.9 Å². The van der Waals surface area contributed by atoms with Gasteiger partial charge in [0.15, 0.2) is 5.65 Å². The van der Waals surface area contributed by atoms with E-state index in [4.69, 9.17) is 10.7 Å². The fourth-order valence-corrected chi connectivity index (χ4v) is 4.53. The lowest BCUT2D eigenvalue weighted by atomic mass is 10.1. The van der Waals surface area contributed by atoms with Crippen LogP contribution >= 0.6 is 0 Å². The largest absolute Gasteiger partial charge is 0.412 e. The summed E-state index contributed by atoms with van der Waals surface area (Å²) >= 11 is 0. The molecule has 10 heteroatoms. The third-order valence-electron chi connectivity index (χ3n) is 6.25. The van der Waals surface area contributed by atoms with E-state index in [0.717, 1.165) is 72.6 Å². The van der Waals surface area contributed by atoms with Crippen molar-refractivity contribution in [2.45, 2.75) is 32.4 Å². The molecule has 1 aromatic carbocycles. The molecule has 0 atom stereocenters. The molecule has 1 aliphatic heterocycles. The fraction of sp³-hybridized carbons (Fsp3) is 0.375. The third-order valence-corrected chi connectivity index (χ3v) is 6.25. The maximum absolute atomic E-state index is 5.72. The molecule has 34 heavy (non-hydrogen) atoms. The molecular weight excluding hydrogens is 434 g/mol. The van der Waals surface area contributed by atoms with E-state index in [9.17, 15) is 0 Å². The number of aryl methyl sites for hydroxylation is 1. The minimum absolute atomic E-state index is 0. The van der Waals surface area contributed by atoms with Crippen molar-refractivity contribution in [1.29, 1.82) is 0 Å². The van der Waals surface area contributed by atoms with Crippen LogP contribution < -0.4 is 11.1 Å². The first-order valence-corrected chi connectivity index (χ1v) is 11.1. The fourth-order valence-electron chi connectivity index (χ4n) is 4.53. The van der Waals surface area contributed by atoms with E-state index in [1.807, 2.05) is 24.5 Å². The summed E-state index contributed by atoms with van der Waals surface area (Å²) in [6, 6.07) is 12.9. The highest BCUT2D eigenvalue weighted by Crippen LogP contribution is 2.26. The quantitative estimate of drug-likeness (QED) is 0.419. The minimum atomic E-state index is 0. The van der Waals surface area contributed by atoms with Crippen LogP contribution in [0.3, 0.4) is 0 Å². The lowest BCUT2D eigenvalue weighted by molar-refractivity contribution is 0.224. The monoisotopic (exact) mass is 469 g/mol. The molecular formula is C24H35N7O3. The van der Waals surface area contributed by atoms with E-state index in [0.29, 0.717) is 12.6 Å². The highest BCUT2D eigenvalue weighted by atomic mass is 16.0. The van der Waals surface area contributed by atoms with Gasteiger partial charge in [-0.05, 0) is 43.0 Å². The Balaban J connectivity index is 0.00000136. The summed E-state index contributed by atoms with van der Waals surface area (Å²) in [5.74, 6) is 0.891. The first-order chi connectivity index (χ1) is 15.2. The first kappa shape index (κ1) is 27.1. The Kier molecular flexibility index (Phi) is 9.42. The molecule has 1 fully saturated rings. The second-order valence-corrected chi connectivity index (χ2v) is 8.36. The van der Waals surface area contributed by atoms with Gasteiger partial charge in [0.2, 0.25) is 5.95 Å². The van der Waals surface area contributed by atoms with Gasteiger partial charge in [0, 0.05) is 50.0 Å². The molecule has 0 bridgehead atoms. The summed E-state index contributed by atoms with van der Waals surface area (Å²) in [6.45, 7) is 6.60. The van der Waals surface area contributed by atoms with Crippen LogP contribution in [0.2, 0.25) is 0 Å². The molecule has 0 aliphatic carbocycles. The number of hydrogen-bond donors (Lipinski definition) is 2. The Bertz CT molecular complexity index is 1200. The van der Waals surface area contributed by atoms with E-state index in [2.05, 4.69) is 55.9 Å². The molecule has 0 amide bonds. The summed E-state index contributed by atoms with van der Waals surface area (Å²) in [4.78, 5) is 16.7. The average molecular weight is 470 g/mol. The number of imidazole rings is 1. The van der Waals surface area contributed by atoms with Crippen LogP contribution in [0.4, 0.5) is 5.95 Å². The predicted molar refractivity (Wildman–Crippen MR) is 136 cm³/mol. The van der Waals surface area contributed by atoms with Crippen molar-refractivity contribution in [3.8, 4) is 0 Å². The smallest absolute Gasteiger partial charge is 0.205 e. The van der Waals surface area contributed by atoms with Gasteiger partial charge in [-0.3, -0.25) is 9.55 Å². The molecule has 0 radical (unpaired) electrons. The number of nitrogens with one attached hydrogen (secondary N) is 1. The maximum atomic E-state index is 5.72. The molecule has 1 aliphatic rings. The summed E-state index contributed by atoms with van der Waals surface area (Å²) in [5, 5.41) is 4.88. The number of fused-ring (bicyclic) bond motifs is 2. The second-order valence-electron chi connectivity index (χ2n) is 8.36. The van der Waals surface area contributed by atoms with Gasteiger partial charge in [-0.2, -0.15) is 0 Å². The Hall–Kier alpha value is -3.15. The van der Waals surface area contributed by atoms with Crippen LogP contribution in [0.25, 0.3) is 22.1 Å². The number of piperidine rings is 1. The molecule has 4 heterocycles. The lowest BCUT2D eigenvalue weighted by Crippen LogP contribution is -2.41. The number of rotatable bonds is 6. The number of hydrogen-bond acceptors (Lipinski definition) is 6. The van der Waals surface area contributed by atoms with Gasteiger partial charge in [-0.1, -0.05) is 24.3 Å². The van der Waals surface area contributed by atoms with Crippen molar-refractivity contribution in [2.75, 3.05) is 31.5 Å². The first-order valence-electron chi connectivity index (χ1n) is 11.1. The molecule has 9 N–H and O–H groups in total. The topological polar surface area (TPSA) is 179 Å². The molecule has 0 saturated carbocycles. The Labute approximate surface area is 198 Å².